The third-order valence-electron chi connectivity index (χ3n) is 4.19. The van der Waals surface area contributed by atoms with Gasteiger partial charge in [-0.25, -0.2) is 9.37 Å². The maximum Gasteiger partial charge on any atom is 0.260 e. The third kappa shape index (κ3) is 3.95. The lowest BCUT2D eigenvalue weighted by Crippen LogP contribution is -2.36. The van der Waals surface area contributed by atoms with Gasteiger partial charge in [-0.2, -0.15) is 0 Å². The Morgan fingerprint density at radius 1 is 1.43 bits per heavy atom. The minimum absolute atomic E-state index is 0.0360. The topological polar surface area (TPSA) is 45.2 Å². The van der Waals surface area contributed by atoms with Gasteiger partial charge in [-0.15, -0.1) is 11.3 Å². The van der Waals surface area contributed by atoms with Crippen molar-refractivity contribution in [1.29, 1.82) is 0 Å². The molecule has 0 aliphatic carbocycles. The molecule has 1 N–H and O–H groups in total. The molecule has 1 aromatic heterocycles. The second kappa shape index (κ2) is 7.19. The number of thiazole rings is 1. The van der Waals surface area contributed by atoms with E-state index in [9.17, 15) is 9.18 Å². The van der Waals surface area contributed by atoms with Crippen molar-refractivity contribution in [1.82, 2.24) is 9.88 Å². The van der Waals surface area contributed by atoms with E-state index in [0.29, 0.717) is 11.2 Å². The lowest BCUT2D eigenvalue weighted by Gasteiger charge is -2.32. The predicted molar refractivity (Wildman–Crippen MR) is 90.2 cm³/mol. The quantitative estimate of drug-likeness (QED) is 0.923. The molecule has 3 rings (SSSR count). The second-order valence-electron chi connectivity index (χ2n) is 5.88. The van der Waals surface area contributed by atoms with E-state index in [0.717, 1.165) is 18.0 Å². The Morgan fingerprint density at radius 2 is 2.26 bits per heavy atom. The van der Waals surface area contributed by atoms with Crippen LogP contribution in [0.4, 0.5) is 9.52 Å². The number of anilines is 1. The Labute approximate surface area is 139 Å². The Bertz CT molecular complexity index is 688. The van der Waals surface area contributed by atoms with Crippen molar-refractivity contribution >= 4 is 22.4 Å². The first kappa shape index (κ1) is 16.1. The molecule has 1 aliphatic heterocycles. The highest BCUT2D eigenvalue weighted by molar-refractivity contribution is 7.15. The van der Waals surface area contributed by atoms with Crippen LogP contribution in [0, 0.1) is 5.82 Å². The van der Waals surface area contributed by atoms with Crippen molar-refractivity contribution in [3.8, 4) is 0 Å². The van der Waals surface area contributed by atoms with Crippen LogP contribution in [-0.4, -0.2) is 28.4 Å². The maximum atomic E-state index is 13.6. The summed E-state index contributed by atoms with van der Waals surface area (Å²) in [7, 11) is 0. The maximum absolute atomic E-state index is 13.6. The van der Waals surface area contributed by atoms with Crippen molar-refractivity contribution in [2.45, 2.75) is 38.8 Å². The van der Waals surface area contributed by atoms with Crippen LogP contribution in [0.15, 0.2) is 30.5 Å². The van der Waals surface area contributed by atoms with Gasteiger partial charge in [0.1, 0.15) is 5.82 Å². The van der Waals surface area contributed by atoms with Crippen LogP contribution in [0.5, 0.6) is 0 Å². The Balaban J connectivity index is 1.63. The fourth-order valence-electron chi connectivity index (χ4n) is 2.84. The number of rotatable bonds is 4. The fourth-order valence-corrected chi connectivity index (χ4v) is 3.67. The largest absolute Gasteiger partial charge is 0.298 e. The number of nitrogens with zero attached hydrogens (tertiary/aromatic N) is 2. The van der Waals surface area contributed by atoms with Crippen molar-refractivity contribution in [2.24, 2.45) is 0 Å². The number of likely N-dealkylation sites (tertiary alicyclic amines) is 1. The minimum atomic E-state index is -0.524. The molecular weight excluding hydrogens is 313 g/mol. The van der Waals surface area contributed by atoms with Crippen LogP contribution in [0.3, 0.4) is 0 Å². The number of nitrogens with one attached hydrogen (secondary N) is 1. The molecular formula is C17H20FN3OS. The molecule has 1 aromatic carbocycles. The number of aromatic nitrogens is 1. The molecule has 2 heterocycles. The third-order valence-corrected chi connectivity index (χ3v) is 5.09. The molecule has 1 fully saturated rings. The van der Waals surface area contributed by atoms with Crippen molar-refractivity contribution in [2.75, 3.05) is 11.9 Å². The van der Waals surface area contributed by atoms with Gasteiger partial charge in [0.25, 0.3) is 5.91 Å². The van der Waals surface area contributed by atoms with E-state index in [-0.39, 0.29) is 5.56 Å². The number of benzene rings is 1. The summed E-state index contributed by atoms with van der Waals surface area (Å²) in [5.41, 5.74) is 0.0360. The average molecular weight is 333 g/mol. The molecule has 2 aromatic rings. The highest BCUT2D eigenvalue weighted by Crippen LogP contribution is 2.24. The van der Waals surface area contributed by atoms with Crippen molar-refractivity contribution in [3.63, 3.8) is 0 Å². The van der Waals surface area contributed by atoms with E-state index in [1.54, 1.807) is 18.3 Å². The van der Waals surface area contributed by atoms with Crippen LogP contribution in [0.25, 0.3) is 0 Å². The summed E-state index contributed by atoms with van der Waals surface area (Å²) < 4.78 is 13.6. The summed E-state index contributed by atoms with van der Waals surface area (Å²) >= 11 is 1.45. The molecule has 1 amide bonds. The highest BCUT2D eigenvalue weighted by atomic mass is 32.1. The summed E-state index contributed by atoms with van der Waals surface area (Å²) in [4.78, 5) is 19.9. The summed E-state index contributed by atoms with van der Waals surface area (Å²) in [6.07, 6.45) is 5.56. The zero-order valence-electron chi connectivity index (χ0n) is 13.1. The number of amides is 1. The van der Waals surface area contributed by atoms with Crippen LogP contribution < -0.4 is 5.32 Å². The van der Waals surface area contributed by atoms with E-state index in [1.807, 2.05) is 0 Å². The summed E-state index contributed by atoms with van der Waals surface area (Å²) in [5, 5.41) is 3.19. The van der Waals surface area contributed by atoms with E-state index < -0.39 is 11.7 Å². The summed E-state index contributed by atoms with van der Waals surface area (Å²) in [6.45, 7) is 4.21. The highest BCUT2D eigenvalue weighted by Gasteiger charge is 2.19. The monoisotopic (exact) mass is 333 g/mol. The van der Waals surface area contributed by atoms with Gasteiger partial charge < -0.3 is 0 Å². The van der Waals surface area contributed by atoms with E-state index in [2.05, 4.69) is 22.1 Å². The van der Waals surface area contributed by atoms with Crippen LogP contribution >= 0.6 is 11.3 Å². The zero-order chi connectivity index (χ0) is 16.2. The predicted octanol–water partition coefficient (Wildman–Crippen LogP) is 3.91. The number of halogens is 1. The van der Waals surface area contributed by atoms with Crippen LogP contribution in [0.2, 0.25) is 0 Å². The standard InChI is InChI=1S/C17H20FN3OS/c1-12-6-4-5-9-21(12)11-13-10-19-17(23-13)20-16(22)14-7-2-3-8-15(14)18/h2-3,7-8,10,12H,4-6,9,11H2,1H3,(H,19,20,22). The smallest absolute Gasteiger partial charge is 0.260 e. The lowest BCUT2D eigenvalue weighted by molar-refractivity contribution is 0.102. The van der Waals surface area contributed by atoms with E-state index in [1.165, 1.54) is 42.7 Å². The molecule has 1 aliphatic rings. The van der Waals surface area contributed by atoms with Crippen LogP contribution in [0.1, 0.15) is 41.4 Å². The molecule has 6 heteroatoms. The second-order valence-corrected chi connectivity index (χ2v) is 7.00. The molecule has 1 saturated heterocycles. The van der Waals surface area contributed by atoms with Gasteiger partial charge in [-0.1, -0.05) is 18.6 Å². The van der Waals surface area contributed by atoms with Gasteiger partial charge in [0.05, 0.1) is 5.56 Å². The SMILES string of the molecule is CC1CCCCN1Cc1cnc(NC(=O)c2ccccc2F)s1. The van der Waals surface area contributed by atoms with Gasteiger partial charge in [-0.3, -0.25) is 15.0 Å². The number of piperidine rings is 1. The Hall–Kier alpha value is -1.79. The number of hydrogen-bond donors (Lipinski definition) is 1. The molecule has 122 valence electrons. The van der Waals surface area contributed by atoms with E-state index >= 15 is 0 Å². The molecule has 1 unspecified atom stereocenters. The van der Waals surface area contributed by atoms with Gasteiger partial charge >= 0.3 is 0 Å². The summed E-state index contributed by atoms with van der Waals surface area (Å²) in [5.74, 6) is -0.987. The zero-order valence-corrected chi connectivity index (χ0v) is 13.9. The van der Waals surface area contributed by atoms with Gasteiger partial charge in [-0.05, 0) is 38.4 Å². The molecule has 0 bridgehead atoms. The first-order valence-electron chi connectivity index (χ1n) is 7.88. The molecule has 0 saturated carbocycles. The average Bonchev–Trinajstić information content (AvgIpc) is 2.97. The molecule has 1 atom stereocenters. The number of carbonyl (C=O) groups is 1. The first-order chi connectivity index (χ1) is 11.1. The lowest BCUT2D eigenvalue weighted by atomic mass is 10.0. The fraction of sp³-hybridized carbons (Fsp3) is 0.412. The van der Waals surface area contributed by atoms with Gasteiger partial charge in [0, 0.05) is 23.7 Å². The molecule has 23 heavy (non-hydrogen) atoms. The van der Waals surface area contributed by atoms with Crippen LogP contribution in [-0.2, 0) is 6.54 Å². The summed E-state index contributed by atoms with van der Waals surface area (Å²) in [6, 6.07) is 6.53. The minimum Gasteiger partial charge on any atom is -0.298 e. The number of carbonyl (C=O) groups excluding carboxylic acids is 1. The van der Waals surface area contributed by atoms with Gasteiger partial charge in [0.2, 0.25) is 0 Å². The molecule has 0 radical (unpaired) electrons. The normalized spacial score (nSPS) is 18.8. The van der Waals surface area contributed by atoms with E-state index in [4.69, 9.17) is 0 Å². The van der Waals surface area contributed by atoms with Gasteiger partial charge in [0.15, 0.2) is 5.13 Å². The molecule has 0 spiro atoms. The molecule has 4 nitrogen and oxygen atoms in total. The van der Waals surface area contributed by atoms with Crippen molar-refractivity contribution in [3.05, 3.63) is 46.7 Å². The van der Waals surface area contributed by atoms with Crippen molar-refractivity contribution < 1.29 is 9.18 Å². The Morgan fingerprint density at radius 3 is 3.04 bits per heavy atom. The Kier molecular flexibility index (Phi) is 5.03. The first-order valence-corrected chi connectivity index (χ1v) is 8.70. The number of hydrogen-bond acceptors (Lipinski definition) is 4.